The van der Waals surface area contributed by atoms with Crippen molar-refractivity contribution in [2.45, 2.75) is 18.9 Å². The molecule has 1 aliphatic rings. The summed E-state index contributed by atoms with van der Waals surface area (Å²) in [6.45, 7) is 1.17. The molecule has 1 N–H and O–H groups in total. The zero-order valence-corrected chi connectivity index (χ0v) is 12.2. The number of benzene rings is 1. The third kappa shape index (κ3) is 3.43. The van der Waals surface area contributed by atoms with Gasteiger partial charge in [-0.1, -0.05) is 18.2 Å². The van der Waals surface area contributed by atoms with Gasteiger partial charge in [-0.3, -0.25) is 4.79 Å². The Kier molecular flexibility index (Phi) is 4.34. The van der Waals surface area contributed by atoms with Crippen LogP contribution in [0.15, 0.2) is 48.7 Å². The molecule has 5 heteroatoms. The van der Waals surface area contributed by atoms with E-state index >= 15 is 0 Å². The molecule has 0 spiro atoms. The van der Waals surface area contributed by atoms with E-state index in [1.54, 1.807) is 17.0 Å². The highest BCUT2D eigenvalue weighted by Gasteiger charge is 2.22. The van der Waals surface area contributed by atoms with Crippen molar-refractivity contribution in [3.63, 3.8) is 0 Å². The summed E-state index contributed by atoms with van der Waals surface area (Å²) in [7, 11) is 0. The van der Waals surface area contributed by atoms with E-state index in [1.165, 1.54) is 6.20 Å². The fraction of sp³-hybridized carbons (Fsp3) is 0.294. The highest BCUT2D eigenvalue weighted by molar-refractivity contribution is 5.94. The lowest BCUT2D eigenvalue weighted by Crippen LogP contribution is -2.40. The average Bonchev–Trinajstić information content (AvgIpc) is 2.57. The number of para-hydroxylation sites is 1. The van der Waals surface area contributed by atoms with Crippen LogP contribution in [0, 0.1) is 0 Å². The van der Waals surface area contributed by atoms with Crippen LogP contribution in [0.1, 0.15) is 23.2 Å². The van der Waals surface area contributed by atoms with Gasteiger partial charge in [0.25, 0.3) is 5.91 Å². The average molecular weight is 298 g/mol. The van der Waals surface area contributed by atoms with E-state index in [9.17, 15) is 9.90 Å². The maximum absolute atomic E-state index is 12.3. The van der Waals surface area contributed by atoms with Gasteiger partial charge < -0.3 is 14.7 Å². The van der Waals surface area contributed by atoms with E-state index in [0.717, 1.165) is 0 Å². The van der Waals surface area contributed by atoms with Crippen LogP contribution in [0.5, 0.6) is 11.6 Å². The van der Waals surface area contributed by atoms with E-state index in [1.807, 2.05) is 30.3 Å². The summed E-state index contributed by atoms with van der Waals surface area (Å²) in [6, 6.07) is 12.8. The predicted octanol–water partition coefficient (Wildman–Crippen LogP) is 2.47. The smallest absolute Gasteiger partial charge is 0.255 e. The number of carbonyl (C=O) groups is 1. The molecular weight excluding hydrogens is 280 g/mol. The van der Waals surface area contributed by atoms with E-state index in [-0.39, 0.29) is 12.0 Å². The Labute approximate surface area is 129 Å². The normalized spacial score (nSPS) is 15.6. The summed E-state index contributed by atoms with van der Waals surface area (Å²) in [6.07, 6.45) is 2.51. The number of pyridine rings is 1. The Bertz CT molecular complexity index is 620. The summed E-state index contributed by atoms with van der Waals surface area (Å²) in [5.41, 5.74) is 0.539. The Morgan fingerprint density at radius 3 is 2.50 bits per heavy atom. The zero-order chi connectivity index (χ0) is 15.4. The van der Waals surface area contributed by atoms with Crippen LogP contribution in [-0.2, 0) is 0 Å². The summed E-state index contributed by atoms with van der Waals surface area (Å²) in [5.74, 6) is 1.11. The standard InChI is InChI=1S/C17H18N2O3/c20-14-8-10-19(11-9-14)17(21)13-6-7-16(18-12-13)22-15-4-2-1-3-5-15/h1-7,12,14,20H,8-11H2. The van der Waals surface area contributed by atoms with Gasteiger partial charge in [0.05, 0.1) is 11.7 Å². The summed E-state index contributed by atoms with van der Waals surface area (Å²) >= 11 is 0. The number of aliphatic hydroxyl groups is 1. The topological polar surface area (TPSA) is 62.7 Å². The first-order valence-electron chi connectivity index (χ1n) is 7.38. The van der Waals surface area contributed by atoms with Crippen LogP contribution in [0.4, 0.5) is 0 Å². The molecule has 2 heterocycles. The molecule has 114 valence electrons. The second-order valence-electron chi connectivity index (χ2n) is 5.32. The fourth-order valence-corrected chi connectivity index (χ4v) is 2.43. The summed E-state index contributed by atoms with van der Waals surface area (Å²) in [5, 5.41) is 9.49. The molecule has 22 heavy (non-hydrogen) atoms. The molecule has 1 aromatic heterocycles. The number of piperidine rings is 1. The number of likely N-dealkylation sites (tertiary alicyclic amines) is 1. The maximum Gasteiger partial charge on any atom is 0.255 e. The molecule has 1 fully saturated rings. The Balaban J connectivity index is 1.65. The van der Waals surface area contributed by atoms with Crippen molar-refractivity contribution in [2.24, 2.45) is 0 Å². The van der Waals surface area contributed by atoms with Gasteiger partial charge in [-0.15, -0.1) is 0 Å². The van der Waals surface area contributed by atoms with Crippen molar-refractivity contribution >= 4 is 5.91 Å². The highest BCUT2D eigenvalue weighted by atomic mass is 16.5. The third-order valence-corrected chi connectivity index (χ3v) is 3.70. The first-order valence-corrected chi connectivity index (χ1v) is 7.38. The molecule has 2 aromatic rings. The lowest BCUT2D eigenvalue weighted by molar-refractivity contribution is 0.0546. The van der Waals surface area contributed by atoms with Crippen molar-refractivity contribution in [1.29, 1.82) is 0 Å². The van der Waals surface area contributed by atoms with Crippen LogP contribution in [0.25, 0.3) is 0 Å². The Morgan fingerprint density at radius 2 is 1.86 bits per heavy atom. The van der Waals surface area contributed by atoms with Crippen LogP contribution in [0.2, 0.25) is 0 Å². The van der Waals surface area contributed by atoms with Crippen molar-refractivity contribution in [2.75, 3.05) is 13.1 Å². The van der Waals surface area contributed by atoms with E-state index in [2.05, 4.69) is 4.98 Å². The van der Waals surface area contributed by atoms with Crippen molar-refractivity contribution in [1.82, 2.24) is 9.88 Å². The number of hydrogen-bond acceptors (Lipinski definition) is 4. The molecule has 1 aliphatic heterocycles. The summed E-state index contributed by atoms with van der Waals surface area (Å²) < 4.78 is 5.60. The minimum Gasteiger partial charge on any atom is -0.439 e. The molecular formula is C17H18N2O3. The number of aromatic nitrogens is 1. The second kappa shape index (κ2) is 6.58. The highest BCUT2D eigenvalue weighted by Crippen LogP contribution is 2.19. The quantitative estimate of drug-likeness (QED) is 0.945. The van der Waals surface area contributed by atoms with Gasteiger partial charge in [0, 0.05) is 25.4 Å². The van der Waals surface area contributed by atoms with E-state index in [0.29, 0.717) is 43.1 Å². The van der Waals surface area contributed by atoms with Crippen LogP contribution >= 0.6 is 0 Å². The van der Waals surface area contributed by atoms with Crippen LogP contribution in [0.3, 0.4) is 0 Å². The van der Waals surface area contributed by atoms with Gasteiger partial charge in [0.2, 0.25) is 5.88 Å². The molecule has 0 unspecified atom stereocenters. The summed E-state index contributed by atoms with van der Waals surface area (Å²) in [4.78, 5) is 18.3. The van der Waals surface area contributed by atoms with Gasteiger partial charge in [-0.25, -0.2) is 4.98 Å². The van der Waals surface area contributed by atoms with Gasteiger partial charge in [0.15, 0.2) is 0 Å². The number of rotatable bonds is 3. The second-order valence-corrected chi connectivity index (χ2v) is 5.32. The number of nitrogens with zero attached hydrogens (tertiary/aromatic N) is 2. The molecule has 0 radical (unpaired) electrons. The van der Waals surface area contributed by atoms with Crippen molar-refractivity contribution in [3.8, 4) is 11.6 Å². The van der Waals surface area contributed by atoms with Crippen molar-refractivity contribution < 1.29 is 14.6 Å². The molecule has 0 saturated carbocycles. The minimum atomic E-state index is -0.288. The lowest BCUT2D eigenvalue weighted by atomic mass is 10.1. The molecule has 1 saturated heterocycles. The largest absolute Gasteiger partial charge is 0.439 e. The SMILES string of the molecule is O=C(c1ccc(Oc2ccccc2)nc1)N1CCC(O)CC1. The van der Waals surface area contributed by atoms with Crippen LogP contribution in [-0.4, -0.2) is 40.1 Å². The number of aliphatic hydroxyl groups excluding tert-OH is 1. The van der Waals surface area contributed by atoms with Gasteiger partial charge in [0.1, 0.15) is 5.75 Å². The predicted molar refractivity (Wildman–Crippen MR) is 81.9 cm³/mol. The van der Waals surface area contributed by atoms with Crippen molar-refractivity contribution in [3.05, 3.63) is 54.2 Å². The zero-order valence-electron chi connectivity index (χ0n) is 12.2. The molecule has 3 rings (SSSR count). The van der Waals surface area contributed by atoms with Gasteiger partial charge in [-0.05, 0) is 31.0 Å². The number of ether oxygens (including phenoxy) is 1. The van der Waals surface area contributed by atoms with Gasteiger partial charge >= 0.3 is 0 Å². The fourth-order valence-electron chi connectivity index (χ4n) is 2.43. The van der Waals surface area contributed by atoms with E-state index in [4.69, 9.17) is 4.74 Å². The third-order valence-electron chi connectivity index (χ3n) is 3.70. The first kappa shape index (κ1) is 14.5. The minimum absolute atomic E-state index is 0.0503. The molecule has 0 bridgehead atoms. The lowest BCUT2D eigenvalue weighted by Gasteiger charge is -2.29. The molecule has 0 aliphatic carbocycles. The Hall–Kier alpha value is -2.40. The molecule has 5 nitrogen and oxygen atoms in total. The number of amides is 1. The molecule has 0 atom stereocenters. The Morgan fingerprint density at radius 1 is 1.14 bits per heavy atom. The van der Waals surface area contributed by atoms with Gasteiger partial charge in [-0.2, -0.15) is 0 Å². The molecule has 1 amide bonds. The number of hydrogen-bond donors (Lipinski definition) is 1. The monoisotopic (exact) mass is 298 g/mol. The van der Waals surface area contributed by atoms with Crippen LogP contribution < -0.4 is 4.74 Å². The first-order chi connectivity index (χ1) is 10.7. The molecule has 1 aromatic carbocycles. The van der Waals surface area contributed by atoms with E-state index < -0.39 is 0 Å². The maximum atomic E-state index is 12.3. The number of carbonyl (C=O) groups excluding carboxylic acids is 1.